The van der Waals surface area contributed by atoms with E-state index in [9.17, 15) is 17.6 Å². The predicted molar refractivity (Wildman–Crippen MR) is 131 cm³/mol. The number of hydrogen-bond acceptors (Lipinski definition) is 4. The van der Waals surface area contributed by atoms with Gasteiger partial charge in [0.15, 0.2) is 0 Å². The lowest BCUT2D eigenvalue weighted by molar-refractivity contribution is 0.102. The Balaban J connectivity index is 1.96. The van der Waals surface area contributed by atoms with Crippen molar-refractivity contribution in [1.82, 2.24) is 14.1 Å². The second-order valence-corrected chi connectivity index (χ2v) is 10.9. The summed E-state index contributed by atoms with van der Waals surface area (Å²) >= 11 is 0. The minimum Gasteiger partial charge on any atom is -0.307 e. The summed E-state index contributed by atoms with van der Waals surface area (Å²) in [7, 11) is -4.06. The monoisotopic (exact) mass is 486 g/mol. The summed E-state index contributed by atoms with van der Waals surface area (Å²) in [5.74, 6) is -0.977. The molecule has 3 aromatic rings. The summed E-state index contributed by atoms with van der Waals surface area (Å²) in [6.07, 6.45) is 0. The fourth-order valence-corrected chi connectivity index (χ4v) is 5.04. The molecule has 0 aliphatic heterocycles. The van der Waals surface area contributed by atoms with Gasteiger partial charge in [0.1, 0.15) is 16.5 Å². The van der Waals surface area contributed by atoms with Crippen molar-refractivity contribution >= 4 is 21.7 Å². The SMILES string of the molecule is CCN(CC)S(=O)(=O)c1cc(C(=O)Nc2cc(C(C)(C)C)nn2Cc2ccccc2)ccc1F. The number of sulfonamides is 1. The molecule has 1 aromatic heterocycles. The second kappa shape index (κ2) is 10.1. The van der Waals surface area contributed by atoms with Crippen LogP contribution in [0.5, 0.6) is 0 Å². The third-order valence-electron chi connectivity index (χ3n) is 5.48. The molecule has 1 heterocycles. The molecule has 0 bridgehead atoms. The summed E-state index contributed by atoms with van der Waals surface area (Å²) in [5, 5.41) is 7.50. The number of aromatic nitrogens is 2. The Morgan fingerprint density at radius 3 is 2.29 bits per heavy atom. The number of nitrogens with zero attached hydrogens (tertiary/aromatic N) is 3. The Labute approximate surface area is 200 Å². The molecule has 0 unspecified atom stereocenters. The molecule has 1 amide bonds. The lowest BCUT2D eigenvalue weighted by Gasteiger charge is -2.19. The van der Waals surface area contributed by atoms with E-state index in [1.165, 1.54) is 6.07 Å². The number of carbonyl (C=O) groups excluding carboxylic acids is 1. The zero-order valence-corrected chi connectivity index (χ0v) is 21.0. The highest BCUT2D eigenvalue weighted by Gasteiger charge is 2.27. The molecule has 0 atom stereocenters. The number of nitrogens with one attached hydrogen (secondary N) is 1. The predicted octanol–water partition coefficient (Wildman–Crippen LogP) is 4.65. The summed E-state index contributed by atoms with van der Waals surface area (Å²) in [6.45, 7) is 10.3. The fourth-order valence-electron chi connectivity index (χ4n) is 3.49. The highest BCUT2D eigenvalue weighted by atomic mass is 32.2. The Morgan fingerprint density at radius 2 is 1.71 bits per heavy atom. The zero-order chi connectivity index (χ0) is 25.1. The Bertz CT molecular complexity index is 1260. The lowest BCUT2D eigenvalue weighted by Crippen LogP contribution is -2.31. The first kappa shape index (κ1) is 25.6. The first-order valence-corrected chi connectivity index (χ1v) is 12.6. The van der Waals surface area contributed by atoms with Crippen LogP contribution < -0.4 is 5.32 Å². The minimum atomic E-state index is -4.06. The van der Waals surface area contributed by atoms with Crippen molar-refractivity contribution in [1.29, 1.82) is 0 Å². The third kappa shape index (κ3) is 5.53. The first-order chi connectivity index (χ1) is 16.0. The van der Waals surface area contributed by atoms with Gasteiger partial charge in [-0.2, -0.15) is 9.40 Å². The molecule has 0 spiro atoms. The summed E-state index contributed by atoms with van der Waals surface area (Å²) in [4.78, 5) is 12.6. The molecule has 0 aliphatic carbocycles. The Kier molecular flexibility index (Phi) is 7.57. The largest absolute Gasteiger partial charge is 0.307 e. The maximum Gasteiger partial charge on any atom is 0.256 e. The topological polar surface area (TPSA) is 84.3 Å². The van der Waals surface area contributed by atoms with Crippen LogP contribution in [-0.4, -0.2) is 41.5 Å². The van der Waals surface area contributed by atoms with Crippen molar-refractivity contribution in [2.24, 2.45) is 0 Å². The quantitative estimate of drug-likeness (QED) is 0.502. The molecule has 182 valence electrons. The van der Waals surface area contributed by atoms with Gasteiger partial charge in [0, 0.05) is 30.1 Å². The average Bonchev–Trinajstić information content (AvgIpc) is 3.18. The smallest absolute Gasteiger partial charge is 0.256 e. The van der Waals surface area contributed by atoms with Crippen LogP contribution in [0.3, 0.4) is 0 Å². The number of amides is 1. The summed E-state index contributed by atoms with van der Waals surface area (Å²) in [5.41, 5.74) is 1.60. The van der Waals surface area contributed by atoms with Crippen molar-refractivity contribution in [3.05, 3.63) is 77.2 Å². The van der Waals surface area contributed by atoms with Gasteiger partial charge in [-0.05, 0) is 23.8 Å². The molecule has 2 aromatic carbocycles. The van der Waals surface area contributed by atoms with Crippen molar-refractivity contribution in [3.8, 4) is 0 Å². The molecule has 34 heavy (non-hydrogen) atoms. The van der Waals surface area contributed by atoms with Crippen LogP contribution in [0.25, 0.3) is 0 Å². The number of carbonyl (C=O) groups is 1. The molecule has 0 saturated heterocycles. The zero-order valence-electron chi connectivity index (χ0n) is 20.2. The number of halogens is 1. The highest BCUT2D eigenvalue weighted by molar-refractivity contribution is 7.89. The van der Waals surface area contributed by atoms with Crippen LogP contribution in [-0.2, 0) is 22.0 Å². The van der Waals surface area contributed by atoms with E-state index in [1.54, 1.807) is 24.6 Å². The molecule has 9 heteroatoms. The van der Waals surface area contributed by atoms with Gasteiger partial charge in [-0.3, -0.25) is 4.79 Å². The van der Waals surface area contributed by atoms with Gasteiger partial charge in [0.2, 0.25) is 10.0 Å². The number of benzene rings is 2. The normalized spacial score (nSPS) is 12.2. The van der Waals surface area contributed by atoms with Crippen molar-refractivity contribution in [2.75, 3.05) is 18.4 Å². The second-order valence-electron chi connectivity index (χ2n) is 9.00. The fraction of sp³-hybridized carbons (Fsp3) is 0.360. The van der Waals surface area contributed by atoms with E-state index < -0.39 is 26.6 Å². The van der Waals surface area contributed by atoms with Crippen LogP contribution >= 0.6 is 0 Å². The molecule has 0 saturated carbocycles. The van der Waals surface area contributed by atoms with Crippen LogP contribution in [0, 0.1) is 5.82 Å². The number of hydrogen-bond donors (Lipinski definition) is 1. The molecule has 0 aliphatic rings. The molecular formula is C25H31FN4O3S. The molecule has 0 radical (unpaired) electrons. The van der Waals surface area contributed by atoms with E-state index in [0.717, 1.165) is 27.7 Å². The summed E-state index contributed by atoms with van der Waals surface area (Å²) < 4.78 is 43.0. The van der Waals surface area contributed by atoms with E-state index in [2.05, 4.69) is 10.4 Å². The van der Waals surface area contributed by atoms with E-state index in [-0.39, 0.29) is 24.1 Å². The molecule has 3 rings (SSSR count). The molecule has 0 fully saturated rings. The molecular weight excluding hydrogens is 455 g/mol. The van der Waals surface area contributed by atoms with Crippen molar-refractivity contribution in [3.63, 3.8) is 0 Å². The van der Waals surface area contributed by atoms with Gasteiger partial charge in [0.25, 0.3) is 5.91 Å². The third-order valence-corrected chi connectivity index (χ3v) is 7.55. The van der Waals surface area contributed by atoms with E-state index in [4.69, 9.17) is 0 Å². The maximum atomic E-state index is 14.5. The van der Waals surface area contributed by atoms with Gasteiger partial charge < -0.3 is 5.32 Å². The Morgan fingerprint density at radius 1 is 1.06 bits per heavy atom. The highest BCUT2D eigenvalue weighted by Crippen LogP contribution is 2.26. The van der Waals surface area contributed by atoms with Gasteiger partial charge in [0.05, 0.1) is 12.2 Å². The van der Waals surface area contributed by atoms with E-state index in [0.29, 0.717) is 12.4 Å². The van der Waals surface area contributed by atoms with Gasteiger partial charge in [-0.25, -0.2) is 17.5 Å². The molecule has 1 N–H and O–H groups in total. The van der Waals surface area contributed by atoms with E-state index in [1.807, 2.05) is 51.1 Å². The standard InChI is InChI=1S/C25H31FN4O3S/c1-6-29(7-2)34(32,33)21-15-19(13-14-20(21)26)24(31)27-23-16-22(25(3,4)5)28-30(23)17-18-11-9-8-10-12-18/h8-16H,6-7,17H2,1-5H3,(H,27,31). The van der Waals surface area contributed by atoms with Crippen LogP contribution in [0.1, 0.15) is 56.2 Å². The first-order valence-electron chi connectivity index (χ1n) is 11.2. The van der Waals surface area contributed by atoms with Crippen LogP contribution in [0.15, 0.2) is 59.5 Å². The van der Waals surface area contributed by atoms with Crippen LogP contribution in [0.4, 0.5) is 10.2 Å². The van der Waals surface area contributed by atoms with Crippen LogP contribution in [0.2, 0.25) is 0 Å². The van der Waals surface area contributed by atoms with E-state index >= 15 is 0 Å². The van der Waals surface area contributed by atoms with Crippen molar-refractivity contribution in [2.45, 2.75) is 51.5 Å². The van der Waals surface area contributed by atoms with Gasteiger partial charge in [-0.15, -0.1) is 0 Å². The summed E-state index contributed by atoms with van der Waals surface area (Å²) in [6, 6.07) is 14.9. The molecule has 7 nitrogen and oxygen atoms in total. The number of rotatable bonds is 8. The minimum absolute atomic E-state index is 0.0388. The Hall–Kier alpha value is -3.04. The van der Waals surface area contributed by atoms with Gasteiger partial charge >= 0.3 is 0 Å². The maximum absolute atomic E-state index is 14.5. The average molecular weight is 487 g/mol. The number of anilines is 1. The van der Waals surface area contributed by atoms with Crippen molar-refractivity contribution < 1.29 is 17.6 Å². The van der Waals surface area contributed by atoms with Gasteiger partial charge in [-0.1, -0.05) is 65.0 Å². The lowest BCUT2D eigenvalue weighted by atomic mass is 9.92.